The zero-order valence-corrected chi connectivity index (χ0v) is 12.5. The molecule has 1 aromatic heterocycles. The van der Waals surface area contributed by atoms with Crippen LogP contribution in [0.3, 0.4) is 0 Å². The first-order valence-corrected chi connectivity index (χ1v) is 7.19. The van der Waals surface area contributed by atoms with E-state index in [1.165, 1.54) is 24.3 Å². The Labute approximate surface area is 133 Å². The number of halogens is 1. The van der Waals surface area contributed by atoms with Crippen LogP contribution in [0.2, 0.25) is 0 Å². The van der Waals surface area contributed by atoms with E-state index < -0.39 is 0 Å². The Morgan fingerprint density at radius 2 is 1.83 bits per heavy atom. The highest BCUT2D eigenvalue weighted by Crippen LogP contribution is 2.22. The summed E-state index contributed by atoms with van der Waals surface area (Å²) in [5.74, 6) is 0.443. The van der Waals surface area contributed by atoms with E-state index in [2.05, 4.69) is 10.3 Å². The maximum Gasteiger partial charge on any atom is 0.251 e. The van der Waals surface area contributed by atoms with Crippen LogP contribution in [0, 0.1) is 12.7 Å². The molecule has 0 aliphatic carbocycles. The van der Waals surface area contributed by atoms with Crippen molar-refractivity contribution in [2.75, 3.05) is 0 Å². The van der Waals surface area contributed by atoms with Crippen molar-refractivity contribution in [3.63, 3.8) is 0 Å². The van der Waals surface area contributed by atoms with Crippen LogP contribution < -0.4 is 5.32 Å². The molecule has 0 aliphatic heterocycles. The van der Waals surface area contributed by atoms with Crippen molar-refractivity contribution in [1.82, 2.24) is 10.3 Å². The summed E-state index contributed by atoms with van der Waals surface area (Å²) in [7, 11) is 0. The quantitative estimate of drug-likeness (QED) is 0.799. The number of carbonyl (C=O) groups excluding carboxylic acids is 1. The number of carbonyl (C=O) groups is 1. The van der Waals surface area contributed by atoms with Gasteiger partial charge in [0.15, 0.2) is 0 Å². The lowest BCUT2D eigenvalue weighted by molar-refractivity contribution is 0.0947. The van der Waals surface area contributed by atoms with Crippen LogP contribution in [0.15, 0.2) is 59.0 Å². The van der Waals surface area contributed by atoms with E-state index >= 15 is 0 Å². The highest BCUT2D eigenvalue weighted by Gasteiger charge is 2.12. The predicted molar refractivity (Wildman–Crippen MR) is 84.2 cm³/mol. The van der Waals surface area contributed by atoms with Crippen LogP contribution in [0.5, 0.6) is 0 Å². The van der Waals surface area contributed by atoms with E-state index in [9.17, 15) is 9.18 Å². The van der Waals surface area contributed by atoms with Crippen molar-refractivity contribution in [2.45, 2.75) is 13.5 Å². The molecule has 3 rings (SSSR count). The summed E-state index contributed by atoms with van der Waals surface area (Å²) in [6, 6.07) is 15.1. The Hall–Kier alpha value is -2.95. The normalized spacial score (nSPS) is 10.5. The van der Waals surface area contributed by atoms with E-state index in [0.29, 0.717) is 17.2 Å². The van der Waals surface area contributed by atoms with E-state index in [4.69, 9.17) is 4.42 Å². The summed E-state index contributed by atoms with van der Waals surface area (Å²) in [6.07, 6.45) is 0. The number of rotatable bonds is 4. The molecule has 0 atom stereocenters. The largest absolute Gasteiger partial charge is 0.443 e. The van der Waals surface area contributed by atoms with Gasteiger partial charge in [0.2, 0.25) is 5.89 Å². The van der Waals surface area contributed by atoms with Gasteiger partial charge in [0.1, 0.15) is 17.3 Å². The topological polar surface area (TPSA) is 55.1 Å². The molecule has 5 heteroatoms. The molecule has 0 bridgehead atoms. The van der Waals surface area contributed by atoms with Gasteiger partial charge in [-0.25, -0.2) is 9.37 Å². The number of nitrogens with zero attached hydrogens (tertiary/aromatic N) is 1. The molecule has 0 radical (unpaired) electrons. The summed E-state index contributed by atoms with van der Waals surface area (Å²) in [4.78, 5) is 16.4. The van der Waals surface area contributed by atoms with Gasteiger partial charge in [-0.3, -0.25) is 4.79 Å². The second-order valence-electron chi connectivity index (χ2n) is 5.07. The average molecular weight is 310 g/mol. The highest BCUT2D eigenvalue weighted by atomic mass is 19.1. The fraction of sp³-hybridized carbons (Fsp3) is 0.111. The fourth-order valence-electron chi connectivity index (χ4n) is 2.25. The average Bonchev–Trinajstić information content (AvgIpc) is 2.95. The van der Waals surface area contributed by atoms with Gasteiger partial charge >= 0.3 is 0 Å². The molecule has 0 unspecified atom stereocenters. The van der Waals surface area contributed by atoms with Crippen LogP contribution in [0.25, 0.3) is 11.3 Å². The van der Waals surface area contributed by atoms with E-state index in [-0.39, 0.29) is 18.3 Å². The van der Waals surface area contributed by atoms with Crippen LogP contribution in [-0.2, 0) is 6.54 Å². The third-order valence-corrected chi connectivity index (χ3v) is 3.39. The zero-order chi connectivity index (χ0) is 16.2. The molecule has 1 N–H and O–H groups in total. The minimum Gasteiger partial charge on any atom is -0.443 e. The second kappa shape index (κ2) is 6.44. The fourth-order valence-corrected chi connectivity index (χ4v) is 2.25. The van der Waals surface area contributed by atoms with Gasteiger partial charge in [-0.15, -0.1) is 0 Å². The molecule has 1 heterocycles. The maximum absolute atomic E-state index is 12.9. The lowest BCUT2D eigenvalue weighted by Gasteiger charge is -2.02. The molecular formula is C18H15FN2O2. The number of hydrogen-bond donors (Lipinski definition) is 1. The van der Waals surface area contributed by atoms with Crippen molar-refractivity contribution >= 4 is 5.91 Å². The molecule has 0 saturated carbocycles. The first-order valence-electron chi connectivity index (χ1n) is 7.19. The van der Waals surface area contributed by atoms with E-state index in [1.807, 2.05) is 37.3 Å². The molecule has 23 heavy (non-hydrogen) atoms. The summed E-state index contributed by atoms with van der Waals surface area (Å²) < 4.78 is 18.4. The number of aryl methyl sites for hydroxylation is 1. The third-order valence-electron chi connectivity index (χ3n) is 3.39. The lowest BCUT2D eigenvalue weighted by atomic mass is 10.1. The smallest absolute Gasteiger partial charge is 0.251 e. The Morgan fingerprint density at radius 1 is 1.13 bits per heavy atom. The van der Waals surface area contributed by atoms with E-state index in [1.54, 1.807) is 0 Å². The molecule has 116 valence electrons. The SMILES string of the molecule is Cc1oc(CNC(=O)c2ccc(F)cc2)nc1-c1ccccc1. The van der Waals surface area contributed by atoms with Crippen molar-refractivity contribution in [2.24, 2.45) is 0 Å². The number of aromatic nitrogens is 1. The van der Waals surface area contributed by atoms with Crippen molar-refractivity contribution in [1.29, 1.82) is 0 Å². The Morgan fingerprint density at radius 3 is 2.52 bits per heavy atom. The first kappa shape index (κ1) is 15.0. The third kappa shape index (κ3) is 3.45. The van der Waals surface area contributed by atoms with Crippen LogP contribution in [0.4, 0.5) is 4.39 Å². The summed E-state index contributed by atoms with van der Waals surface area (Å²) in [5.41, 5.74) is 2.11. The number of benzene rings is 2. The Kier molecular flexibility index (Phi) is 4.19. The number of hydrogen-bond acceptors (Lipinski definition) is 3. The number of amides is 1. The van der Waals surface area contributed by atoms with Gasteiger partial charge in [-0.05, 0) is 31.2 Å². The maximum atomic E-state index is 12.9. The minimum atomic E-state index is -0.377. The molecule has 4 nitrogen and oxygen atoms in total. The monoisotopic (exact) mass is 310 g/mol. The summed E-state index contributed by atoms with van der Waals surface area (Å²) in [6.45, 7) is 2.00. The van der Waals surface area contributed by atoms with Crippen molar-refractivity contribution in [3.05, 3.63) is 77.6 Å². The van der Waals surface area contributed by atoms with Gasteiger partial charge in [0.05, 0.1) is 6.54 Å². The Balaban J connectivity index is 1.69. The van der Waals surface area contributed by atoms with Crippen molar-refractivity contribution in [3.8, 4) is 11.3 Å². The Bertz CT molecular complexity index is 811. The minimum absolute atomic E-state index is 0.171. The molecule has 0 saturated heterocycles. The summed E-state index contributed by atoms with van der Waals surface area (Å²) in [5, 5.41) is 2.71. The number of oxazole rings is 1. The van der Waals surface area contributed by atoms with Gasteiger partial charge in [0.25, 0.3) is 5.91 Å². The molecule has 0 fully saturated rings. The predicted octanol–water partition coefficient (Wildman–Crippen LogP) is 3.72. The standard InChI is InChI=1S/C18H15FN2O2/c1-12-17(13-5-3-2-4-6-13)21-16(23-12)11-20-18(22)14-7-9-15(19)10-8-14/h2-10H,11H2,1H3,(H,20,22). The van der Waals surface area contributed by atoms with Gasteiger partial charge in [-0.1, -0.05) is 30.3 Å². The second-order valence-corrected chi connectivity index (χ2v) is 5.07. The highest BCUT2D eigenvalue weighted by molar-refractivity contribution is 5.94. The molecule has 1 amide bonds. The zero-order valence-electron chi connectivity index (χ0n) is 12.5. The van der Waals surface area contributed by atoms with Crippen LogP contribution in [-0.4, -0.2) is 10.9 Å². The van der Waals surface area contributed by atoms with Crippen LogP contribution in [0.1, 0.15) is 22.0 Å². The van der Waals surface area contributed by atoms with Crippen molar-refractivity contribution < 1.29 is 13.6 Å². The molecule has 3 aromatic rings. The number of nitrogens with one attached hydrogen (secondary N) is 1. The van der Waals surface area contributed by atoms with E-state index in [0.717, 1.165) is 11.3 Å². The first-order chi connectivity index (χ1) is 11.1. The van der Waals surface area contributed by atoms with Gasteiger partial charge in [0, 0.05) is 11.1 Å². The molecular weight excluding hydrogens is 295 g/mol. The lowest BCUT2D eigenvalue weighted by Crippen LogP contribution is -2.22. The molecule has 0 spiro atoms. The van der Waals surface area contributed by atoms with Crippen LogP contribution >= 0.6 is 0 Å². The molecule has 0 aliphatic rings. The van der Waals surface area contributed by atoms with Gasteiger partial charge in [-0.2, -0.15) is 0 Å². The van der Waals surface area contributed by atoms with Gasteiger partial charge < -0.3 is 9.73 Å². The summed E-state index contributed by atoms with van der Waals surface area (Å²) >= 11 is 0. The molecule has 2 aromatic carbocycles.